The Labute approximate surface area is 74.8 Å². The zero-order valence-electron chi connectivity index (χ0n) is 7.00. The molecular weight excluding hydrogens is 170 g/mol. The Bertz CT molecular complexity index is 408. The Kier molecular flexibility index (Phi) is 1.73. The summed E-state index contributed by atoms with van der Waals surface area (Å²) in [5, 5.41) is 1.10. The first-order chi connectivity index (χ1) is 5.79. The smallest absolute Gasteiger partial charge is 0.121 e. The normalized spacial score (nSPS) is 10.5. The van der Waals surface area contributed by atoms with Crippen LogP contribution in [0.3, 0.4) is 0 Å². The summed E-state index contributed by atoms with van der Waals surface area (Å²) in [4.78, 5) is 4.36. The number of fused-ring (bicyclic) bond motifs is 1. The molecule has 2 nitrogen and oxygen atoms in total. The summed E-state index contributed by atoms with van der Waals surface area (Å²) >= 11 is 1.70. The second kappa shape index (κ2) is 2.75. The van der Waals surface area contributed by atoms with Crippen LogP contribution in [0.25, 0.3) is 10.2 Å². The number of aromatic nitrogens is 1. The van der Waals surface area contributed by atoms with Crippen molar-refractivity contribution in [1.29, 1.82) is 0 Å². The number of hydrogen-bond acceptors (Lipinski definition) is 3. The molecule has 3 heteroatoms. The summed E-state index contributed by atoms with van der Waals surface area (Å²) in [6.07, 6.45) is 0. The van der Waals surface area contributed by atoms with Crippen LogP contribution in [0.1, 0.15) is 5.01 Å². The number of rotatable bonds is 1. The lowest BCUT2D eigenvalue weighted by molar-refractivity contribution is 0.415. The molecule has 1 aromatic carbocycles. The van der Waals surface area contributed by atoms with Crippen LogP contribution in [0.5, 0.6) is 5.75 Å². The van der Waals surface area contributed by atoms with E-state index in [1.807, 2.05) is 25.1 Å². The van der Waals surface area contributed by atoms with Gasteiger partial charge in [0, 0.05) is 6.07 Å². The SMILES string of the molecule is COc1ccc2sc(C)nc2c1. The van der Waals surface area contributed by atoms with E-state index in [0.29, 0.717) is 0 Å². The molecule has 1 heterocycles. The lowest BCUT2D eigenvalue weighted by atomic mass is 10.3. The maximum absolute atomic E-state index is 5.10. The highest BCUT2D eigenvalue weighted by atomic mass is 32.1. The first kappa shape index (κ1) is 7.55. The van der Waals surface area contributed by atoms with Gasteiger partial charge in [0.25, 0.3) is 0 Å². The maximum atomic E-state index is 5.10. The van der Waals surface area contributed by atoms with Crippen molar-refractivity contribution in [2.24, 2.45) is 0 Å². The Hall–Kier alpha value is -1.09. The monoisotopic (exact) mass is 179 g/mol. The van der Waals surface area contributed by atoms with Crippen LogP contribution in [0.4, 0.5) is 0 Å². The summed E-state index contributed by atoms with van der Waals surface area (Å²) in [7, 11) is 1.67. The van der Waals surface area contributed by atoms with Crippen LogP contribution in [-0.4, -0.2) is 12.1 Å². The lowest BCUT2D eigenvalue weighted by Crippen LogP contribution is -1.80. The third-order valence-corrected chi connectivity index (χ3v) is 2.65. The lowest BCUT2D eigenvalue weighted by Gasteiger charge is -1.96. The highest BCUT2D eigenvalue weighted by Gasteiger charge is 2.00. The standard InChI is InChI=1S/C9H9NOS/c1-6-10-8-5-7(11-2)3-4-9(8)12-6/h3-5H,1-2H3. The van der Waals surface area contributed by atoms with Gasteiger partial charge in [0.15, 0.2) is 0 Å². The minimum atomic E-state index is 0.868. The Morgan fingerprint density at radius 1 is 1.42 bits per heavy atom. The second-order valence-electron chi connectivity index (χ2n) is 2.57. The molecule has 0 unspecified atom stereocenters. The molecule has 0 amide bonds. The molecule has 0 aliphatic carbocycles. The van der Waals surface area contributed by atoms with Crippen molar-refractivity contribution in [3.05, 3.63) is 23.2 Å². The highest BCUT2D eigenvalue weighted by molar-refractivity contribution is 7.18. The van der Waals surface area contributed by atoms with Crippen LogP contribution < -0.4 is 4.74 Å². The van der Waals surface area contributed by atoms with Crippen LogP contribution in [0, 0.1) is 6.92 Å². The quantitative estimate of drug-likeness (QED) is 0.671. The van der Waals surface area contributed by atoms with Gasteiger partial charge in [-0.1, -0.05) is 0 Å². The van der Waals surface area contributed by atoms with Crippen molar-refractivity contribution in [3.63, 3.8) is 0 Å². The van der Waals surface area contributed by atoms with E-state index >= 15 is 0 Å². The highest BCUT2D eigenvalue weighted by Crippen LogP contribution is 2.24. The van der Waals surface area contributed by atoms with Gasteiger partial charge in [-0.25, -0.2) is 4.98 Å². The van der Waals surface area contributed by atoms with E-state index in [4.69, 9.17) is 4.74 Å². The molecule has 0 fully saturated rings. The molecule has 2 rings (SSSR count). The number of ether oxygens (including phenoxy) is 1. The third-order valence-electron chi connectivity index (χ3n) is 1.70. The van der Waals surface area contributed by atoms with Gasteiger partial charge in [0.05, 0.1) is 22.3 Å². The van der Waals surface area contributed by atoms with Crippen molar-refractivity contribution in [2.45, 2.75) is 6.92 Å². The molecule has 0 N–H and O–H groups in total. The van der Waals surface area contributed by atoms with Gasteiger partial charge in [-0.3, -0.25) is 0 Å². The van der Waals surface area contributed by atoms with Crippen LogP contribution in [-0.2, 0) is 0 Å². The first-order valence-corrected chi connectivity index (χ1v) is 4.52. The number of aryl methyl sites for hydroxylation is 1. The summed E-state index contributed by atoms with van der Waals surface area (Å²) in [6, 6.07) is 5.96. The molecule has 0 saturated carbocycles. The summed E-state index contributed by atoms with van der Waals surface area (Å²) in [6.45, 7) is 2.01. The first-order valence-electron chi connectivity index (χ1n) is 3.71. The molecular formula is C9H9NOS. The fourth-order valence-corrected chi connectivity index (χ4v) is 1.96. The molecule has 2 aromatic rings. The van der Waals surface area contributed by atoms with E-state index in [1.54, 1.807) is 18.4 Å². The van der Waals surface area contributed by atoms with E-state index in [-0.39, 0.29) is 0 Å². The fourth-order valence-electron chi connectivity index (χ4n) is 1.15. The molecule has 0 spiro atoms. The van der Waals surface area contributed by atoms with Crippen molar-refractivity contribution >= 4 is 21.6 Å². The molecule has 62 valence electrons. The number of methoxy groups -OCH3 is 1. The minimum absolute atomic E-state index is 0.868. The molecule has 0 aliphatic rings. The fraction of sp³-hybridized carbons (Fsp3) is 0.222. The summed E-state index contributed by atoms with van der Waals surface area (Å²) in [5.41, 5.74) is 1.02. The molecule has 1 aromatic heterocycles. The number of thiazole rings is 1. The van der Waals surface area contributed by atoms with Crippen molar-refractivity contribution in [3.8, 4) is 5.75 Å². The average Bonchev–Trinajstić information content (AvgIpc) is 2.43. The van der Waals surface area contributed by atoms with Gasteiger partial charge < -0.3 is 4.74 Å². The summed E-state index contributed by atoms with van der Waals surface area (Å²) in [5.74, 6) is 0.868. The van der Waals surface area contributed by atoms with Crippen molar-refractivity contribution < 1.29 is 4.74 Å². The second-order valence-corrected chi connectivity index (χ2v) is 3.80. The molecule has 12 heavy (non-hydrogen) atoms. The third kappa shape index (κ3) is 1.16. The van der Waals surface area contributed by atoms with Crippen molar-refractivity contribution in [2.75, 3.05) is 7.11 Å². The molecule has 0 aliphatic heterocycles. The maximum Gasteiger partial charge on any atom is 0.121 e. The predicted molar refractivity (Wildman–Crippen MR) is 50.9 cm³/mol. The Balaban J connectivity index is 2.66. The van der Waals surface area contributed by atoms with Crippen LogP contribution in [0.2, 0.25) is 0 Å². The minimum Gasteiger partial charge on any atom is -0.497 e. The largest absolute Gasteiger partial charge is 0.497 e. The Morgan fingerprint density at radius 2 is 2.25 bits per heavy atom. The van der Waals surface area contributed by atoms with Gasteiger partial charge in [0.1, 0.15) is 5.75 Å². The number of nitrogens with zero attached hydrogens (tertiary/aromatic N) is 1. The van der Waals surface area contributed by atoms with Crippen molar-refractivity contribution in [1.82, 2.24) is 4.98 Å². The van der Waals surface area contributed by atoms with E-state index in [1.165, 1.54) is 4.70 Å². The van der Waals surface area contributed by atoms with E-state index in [9.17, 15) is 0 Å². The topological polar surface area (TPSA) is 22.1 Å². The van der Waals surface area contributed by atoms with Gasteiger partial charge in [0.2, 0.25) is 0 Å². The van der Waals surface area contributed by atoms with E-state index in [2.05, 4.69) is 4.98 Å². The number of hydrogen-bond donors (Lipinski definition) is 0. The zero-order chi connectivity index (χ0) is 8.55. The molecule has 0 saturated heterocycles. The van der Waals surface area contributed by atoms with Crippen LogP contribution >= 0.6 is 11.3 Å². The van der Waals surface area contributed by atoms with Gasteiger partial charge in [-0.15, -0.1) is 11.3 Å². The zero-order valence-corrected chi connectivity index (χ0v) is 7.81. The van der Waals surface area contributed by atoms with Crippen LogP contribution in [0.15, 0.2) is 18.2 Å². The van der Waals surface area contributed by atoms with E-state index < -0.39 is 0 Å². The Morgan fingerprint density at radius 3 is 3.00 bits per heavy atom. The van der Waals surface area contributed by atoms with Gasteiger partial charge in [-0.05, 0) is 19.1 Å². The predicted octanol–water partition coefficient (Wildman–Crippen LogP) is 2.61. The molecule has 0 bridgehead atoms. The summed E-state index contributed by atoms with van der Waals surface area (Å²) < 4.78 is 6.31. The molecule has 0 radical (unpaired) electrons. The van der Waals surface area contributed by atoms with Gasteiger partial charge >= 0.3 is 0 Å². The van der Waals surface area contributed by atoms with Gasteiger partial charge in [-0.2, -0.15) is 0 Å². The number of benzene rings is 1. The van der Waals surface area contributed by atoms with E-state index in [0.717, 1.165) is 16.3 Å². The molecule has 0 atom stereocenters. The average molecular weight is 179 g/mol.